The molecule has 6 heteroatoms. The summed E-state index contributed by atoms with van der Waals surface area (Å²) in [5, 5.41) is 9.03. The molecule has 0 aliphatic rings. The van der Waals surface area contributed by atoms with E-state index in [1.807, 2.05) is 19.1 Å². The van der Waals surface area contributed by atoms with Crippen molar-refractivity contribution in [1.82, 2.24) is 9.97 Å². The van der Waals surface area contributed by atoms with Gasteiger partial charge in [0.2, 0.25) is 0 Å². The molecule has 1 N–H and O–H groups in total. The van der Waals surface area contributed by atoms with E-state index in [2.05, 4.69) is 9.97 Å². The van der Waals surface area contributed by atoms with E-state index >= 15 is 0 Å². The molecule has 1 heterocycles. The van der Waals surface area contributed by atoms with Crippen LogP contribution in [0, 0.1) is 0 Å². The number of nitrogens with zero attached hydrogens (tertiary/aromatic N) is 2. The number of ether oxygens (including phenoxy) is 2. The number of aromatic nitrogens is 2. The molecule has 21 heavy (non-hydrogen) atoms. The summed E-state index contributed by atoms with van der Waals surface area (Å²) in [5.74, 6) is 0.323. The van der Waals surface area contributed by atoms with Gasteiger partial charge < -0.3 is 14.6 Å². The second-order valence-electron chi connectivity index (χ2n) is 4.30. The van der Waals surface area contributed by atoms with E-state index in [0.29, 0.717) is 18.1 Å². The van der Waals surface area contributed by atoms with Gasteiger partial charge in [-0.15, -0.1) is 0 Å². The van der Waals surface area contributed by atoms with Crippen LogP contribution >= 0.6 is 0 Å². The van der Waals surface area contributed by atoms with Gasteiger partial charge in [0.15, 0.2) is 0 Å². The number of carbonyl (C=O) groups is 1. The van der Waals surface area contributed by atoms with E-state index in [9.17, 15) is 4.79 Å². The highest BCUT2D eigenvalue weighted by Gasteiger charge is 2.11. The fourth-order valence-electron chi connectivity index (χ4n) is 1.65. The van der Waals surface area contributed by atoms with E-state index in [-0.39, 0.29) is 12.2 Å². The molecule has 1 aromatic carbocycles. The molecule has 110 valence electrons. The fourth-order valence-corrected chi connectivity index (χ4v) is 1.65. The van der Waals surface area contributed by atoms with Crippen LogP contribution in [0.3, 0.4) is 0 Å². The van der Waals surface area contributed by atoms with Crippen LogP contribution in [0.2, 0.25) is 0 Å². The molecule has 6 nitrogen and oxygen atoms in total. The highest BCUT2D eigenvalue weighted by molar-refractivity contribution is 5.88. The van der Waals surface area contributed by atoms with Gasteiger partial charge in [0.1, 0.15) is 30.0 Å². The summed E-state index contributed by atoms with van der Waals surface area (Å²) in [6, 6.07) is 7.16. The van der Waals surface area contributed by atoms with Gasteiger partial charge in [0, 0.05) is 6.20 Å². The largest absolute Gasteiger partial charge is 0.494 e. The summed E-state index contributed by atoms with van der Waals surface area (Å²) < 4.78 is 11.0. The maximum atomic E-state index is 11.0. The standard InChI is InChI=1S/C15H16N2O4/c1-2-7-20-11-3-5-12(6-4-11)21-9-14-13(15(18)19)8-16-10-17-14/h3-6,8,10H,2,7,9H2,1H3,(H,18,19). The van der Waals surface area contributed by atoms with Gasteiger partial charge >= 0.3 is 5.97 Å². The zero-order valence-electron chi connectivity index (χ0n) is 11.7. The summed E-state index contributed by atoms with van der Waals surface area (Å²) in [7, 11) is 0. The molecular weight excluding hydrogens is 272 g/mol. The average Bonchev–Trinajstić information content (AvgIpc) is 2.52. The number of carboxylic acids is 1. The number of aromatic carboxylic acids is 1. The van der Waals surface area contributed by atoms with Gasteiger partial charge in [-0.25, -0.2) is 14.8 Å². The number of rotatable bonds is 7. The quantitative estimate of drug-likeness (QED) is 0.843. The number of hydrogen-bond acceptors (Lipinski definition) is 5. The highest BCUT2D eigenvalue weighted by atomic mass is 16.5. The van der Waals surface area contributed by atoms with Crippen molar-refractivity contribution in [2.75, 3.05) is 6.61 Å². The van der Waals surface area contributed by atoms with Gasteiger partial charge in [-0.2, -0.15) is 0 Å². The third-order valence-corrected chi connectivity index (χ3v) is 2.70. The molecule has 2 rings (SSSR count). The first-order chi connectivity index (χ1) is 10.2. The van der Waals surface area contributed by atoms with Crippen molar-refractivity contribution in [2.45, 2.75) is 20.0 Å². The molecule has 0 saturated heterocycles. The maximum absolute atomic E-state index is 11.0. The Hall–Kier alpha value is -2.63. The molecule has 2 aromatic rings. The number of carboxylic acid groups (broad SMARTS) is 1. The molecule has 0 amide bonds. The molecule has 0 unspecified atom stereocenters. The maximum Gasteiger partial charge on any atom is 0.339 e. The summed E-state index contributed by atoms with van der Waals surface area (Å²) in [4.78, 5) is 18.7. The number of benzene rings is 1. The van der Waals surface area contributed by atoms with Gasteiger partial charge in [0.05, 0.1) is 12.3 Å². The summed E-state index contributed by atoms with van der Waals surface area (Å²) in [6.07, 6.45) is 3.51. The van der Waals surface area contributed by atoms with Crippen molar-refractivity contribution < 1.29 is 19.4 Å². The predicted octanol–water partition coefficient (Wildman–Crippen LogP) is 2.54. The van der Waals surface area contributed by atoms with Gasteiger partial charge in [0.25, 0.3) is 0 Å². The van der Waals surface area contributed by atoms with Crippen LogP contribution in [0.5, 0.6) is 11.5 Å². The van der Waals surface area contributed by atoms with Crippen molar-refractivity contribution in [3.63, 3.8) is 0 Å². The van der Waals surface area contributed by atoms with Crippen LogP contribution in [0.15, 0.2) is 36.8 Å². The van der Waals surface area contributed by atoms with Crippen LogP contribution in [0.25, 0.3) is 0 Å². The molecule has 0 aliphatic heterocycles. The second-order valence-corrected chi connectivity index (χ2v) is 4.30. The van der Waals surface area contributed by atoms with E-state index in [4.69, 9.17) is 14.6 Å². The van der Waals surface area contributed by atoms with Crippen molar-refractivity contribution in [3.8, 4) is 11.5 Å². The normalized spacial score (nSPS) is 10.1. The minimum absolute atomic E-state index is 0.0420. The van der Waals surface area contributed by atoms with Crippen LogP contribution in [0.1, 0.15) is 29.4 Å². The van der Waals surface area contributed by atoms with Gasteiger partial charge in [-0.05, 0) is 30.7 Å². The van der Waals surface area contributed by atoms with Crippen LogP contribution < -0.4 is 9.47 Å². The zero-order valence-corrected chi connectivity index (χ0v) is 11.7. The molecule has 0 bridgehead atoms. The highest BCUT2D eigenvalue weighted by Crippen LogP contribution is 2.19. The fraction of sp³-hybridized carbons (Fsp3) is 0.267. The molecule has 0 radical (unpaired) electrons. The monoisotopic (exact) mass is 288 g/mol. The van der Waals surface area contributed by atoms with Gasteiger partial charge in [-0.1, -0.05) is 6.92 Å². The molecule has 0 saturated carbocycles. The van der Waals surface area contributed by atoms with Crippen molar-refractivity contribution in [2.24, 2.45) is 0 Å². The first-order valence-corrected chi connectivity index (χ1v) is 6.58. The van der Waals surface area contributed by atoms with Crippen molar-refractivity contribution in [1.29, 1.82) is 0 Å². The van der Waals surface area contributed by atoms with Crippen LogP contribution in [-0.4, -0.2) is 27.7 Å². The lowest BCUT2D eigenvalue weighted by atomic mass is 10.2. The Morgan fingerprint density at radius 1 is 1.19 bits per heavy atom. The SMILES string of the molecule is CCCOc1ccc(OCc2ncncc2C(=O)O)cc1. The smallest absolute Gasteiger partial charge is 0.339 e. The summed E-state index contributed by atoms with van der Waals surface area (Å²) in [6.45, 7) is 2.78. The Kier molecular flexibility index (Phi) is 5.09. The van der Waals surface area contributed by atoms with Crippen molar-refractivity contribution in [3.05, 3.63) is 48.0 Å². The van der Waals surface area contributed by atoms with E-state index < -0.39 is 5.97 Å². The zero-order chi connectivity index (χ0) is 15.1. The third-order valence-electron chi connectivity index (χ3n) is 2.70. The van der Waals surface area contributed by atoms with E-state index in [1.54, 1.807) is 12.1 Å². The number of hydrogen-bond donors (Lipinski definition) is 1. The first kappa shape index (κ1) is 14.8. The predicted molar refractivity (Wildman–Crippen MR) is 75.6 cm³/mol. The minimum Gasteiger partial charge on any atom is -0.494 e. The lowest BCUT2D eigenvalue weighted by Crippen LogP contribution is -2.08. The Bertz CT molecular complexity index is 599. The van der Waals surface area contributed by atoms with Crippen LogP contribution in [0.4, 0.5) is 0 Å². The minimum atomic E-state index is -1.07. The topological polar surface area (TPSA) is 81.5 Å². The van der Waals surface area contributed by atoms with Crippen molar-refractivity contribution >= 4 is 5.97 Å². The Morgan fingerprint density at radius 3 is 2.48 bits per heavy atom. The lowest BCUT2D eigenvalue weighted by Gasteiger charge is -2.09. The average molecular weight is 288 g/mol. The van der Waals surface area contributed by atoms with Gasteiger partial charge in [-0.3, -0.25) is 0 Å². The summed E-state index contributed by atoms with van der Waals surface area (Å²) >= 11 is 0. The molecular formula is C15H16N2O4. The Morgan fingerprint density at radius 2 is 1.86 bits per heavy atom. The molecule has 0 aliphatic carbocycles. The summed E-state index contributed by atoms with van der Waals surface area (Å²) in [5.41, 5.74) is 0.379. The third kappa shape index (κ3) is 4.17. The van der Waals surface area contributed by atoms with E-state index in [1.165, 1.54) is 12.5 Å². The first-order valence-electron chi connectivity index (χ1n) is 6.58. The van der Waals surface area contributed by atoms with Crippen LogP contribution in [-0.2, 0) is 6.61 Å². The molecule has 1 aromatic heterocycles. The Labute approximate surface area is 122 Å². The Balaban J connectivity index is 1.98. The second kappa shape index (κ2) is 7.23. The molecule has 0 fully saturated rings. The molecule has 0 spiro atoms. The van der Waals surface area contributed by atoms with E-state index in [0.717, 1.165) is 12.2 Å². The lowest BCUT2D eigenvalue weighted by molar-refractivity contribution is 0.0692. The molecule has 0 atom stereocenters.